The molecule has 9 heteroatoms. The van der Waals surface area contributed by atoms with Gasteiger partial charge < -0.3 is 19.0 Å². The summed E-state index contributed by atoms with van der Waals surface area (Å²) in [6.45, 7) is 1.46. The third-order valence-corrected chi connectivity index (χ3v) is 3.69. The molecule has 0 bridgehead atoms. The topological polar surface area (TPSA) is 131 Å². The van der Waals surface area contributed by atoms with Crippen molar-refractivity contribution in [3.8, 4) is 17.7 Å². The summed E-state index contributed by atoms with van der Waals surface area (Å²) in [6, 6.07) is 11.8. The van der Waals surface area contributed by atoms with Crippen molar-refractivity contribution < 1.29 is 23.3 Å². The van der Waals surface area contributed by atoms with Gasteiger partial charge in [0, 0.05) is 12.1 Å². The molecule has 1 aromatic carbocycles. The van der Waals surface area contributed by atoms with Gasteiger partial charge in [0.2, 0.25) is 11.7 Å². The van der Waals surface area contributed by atoms with Crippen molar-refractivity contribution in [3.63, 3.8) is 0 Å². The smallest absolute Gasteiger partial charge is 0.307 e. The fraction of sp³-hybridized carbons (Fsp3) is 0.211. The SMILES string of the molecule is CC(OC(=O)CCc1nc(-c2ccco2)no1)C(=O)Nc1cccc(C#N)c1. The van der Waals surface area contributed by atoms with Crippen LogP contribution < -0.4 is 5.32 Å². The molecule has 0 aliphatic carbocycles. The summed E-state index contributed by atoms with van der Waals surface area (Å²) in [5, 5.41) is 15.2. The second kappa shape index (κ2) is 8.64. The fourth-order valence-electron chi connectivity index (χ4n) is 2.29. The predicted octanol–water partition coefficient (Wildman–Crippen LogP) is 2.70. The zero-order chi connectivity index (χ0) is 19.9. The molecule has 0 spiro atoms. The van der Waals surface area contributed by atoms with E-state index in [-0.39, 0.29) is 18.7 Å². The van der Waals surface area contributed by atoms with E-state index < -0.39 is 18.0 Å². The molecule has 0 fully saturated rings. The number of hydrogen-bond donors (Lipinski definition) is 1. The number of nitriles is 1. The quantitative estimate of drug-likeness (QED) is 0.619. The second-order valence-electron chi connectivity index (χ2n) is 5.80. The Labute approximate surface area is 159 Å². The van der Waals surface area contributed by atoms with Crippen LogP contribution in [0.25, 0.3) is 11.6 Å². The van der Waals surface area contributed by atoms with Gasteiger partial charge in [0.15, 0.2) is 11.9 Å². The van der Waals surface area contributed by atoms with Crippen LogP contribution in [0.3, 0.4) is 0 Å². The molecule has 1 atom stereocenters. The summed E-state index contributed by atoms with van der Waals surface area (Å²) in [5.74, 6) is -0.0645. The van der Waals surface area contributed by atoms with Crippen LogP contribution >= 0.6 is 0 Å². The molecule has 3 aromatic rings. The summed E-state index contributed by atoms with van der Waals surface area (Å²) in [7, 11) is 0. The van der Waals surface area contributed by atoms with Crippen molar-refractivity contribution in [2.75, 3.05) is 5.32 Å². The summed E-state index contributed by atoms with van der Waals surface area (Å²) < 4.78 is 15.3. The first-order valence-electron chi connectivity index (χ1n) is 8.42. The molecule has 0 saturated heterocycles. The second-order valence-corrected chi connectivity index (χ2v) is 5.80. The number of carbonyl (C=O) groups excluding carboxylic acids is 2. The molecule has 0 radical (unpaired) electrons. The Kier molecular flexibility index (Phi) is 5.81. The predicted molar refractivity (Wildman–Crippen MR) is 95.7 cm³/mol. The lowest BCUT2D eigenvalue weighted by molar-refractivity contribution is -0.153. The highest BCUT2D eigenvalue weighted by Crippen LogP contribution is 2.16. The van der Waals surface area contributed by atoms with Gasteiger partial charge in [0.25, 0.3) is 5.91 Å². The minimum Gasteiger partial charge on any atom is -0.461 e. The van der Waals surface area contributed by atoms with E-state index in [9.17, 15) is 9.59 Å². The average Bonchev–Trinajstić information content (AvgIpc) is 3.38. The van der Waals surface area contributed by atoms with Crippen molar-refractivity contribution in [1.29, 1.82) is 5.26 Å². The maximum atomic E-state index is 12.1. The molecule has 2 heterocycles. The number of rotatable bonds is 7. The number of ether oxygens (including phenoxy) is 1. The first-order chi connectivity index (χ1) is 13.5. The highest BCUT2D eigenvalue weighted by Gasteiger charge is 2.19. The number of benzene rings is 1. The van der Waals surface area contributed by atoms with Gasteiger partial charge in [-0.3, -0.25) is 9.59 Å². The van der Waals surface area contributed by atoms with Crippen LogP contribution in [0.4, 0.5) is 5.69 Å². The summed E-state index contributed by atoms with van der Waals surface area (Å²) >= 11 is 0. The van der Waals surface area contributed by atoms with E-state index in [0.29, 0.717) is 22.8 Å². The summed E-state index contributed by atoms with van der Waals surface area (Å²) in [5.41, 5.74) is 0.860. The highest BCUT2D eigenvalue weighted by atomic mass is 16.5. The Morgan fingerprint density at radius 1 is 1.32 bits per heavy atom. The summed E-state index contributed by atoms with van der Waals surface area (Å²) in [6.07, 6.45) is 0.637. The largest absolute Gasteiger partial charge is 0.461 e. The number of furan rings is 1. The van der Waals surface area contributed by atoms with Gasteiger partial charge >= 0.3 is 5.97 Å². The number of anilines is 1. The zero-order valence-electron chi connectivity index (χ0n) is 14.9. The fourth-order valence-corrected chi connectivity index (χ4v) is 2.29. The van der Waals surface area contributed by atoms with Gasteiger partial charge in [-0.15, -0.1) is 0 Å². The molecule has 2 aromatic heterocycles. The van der Waals surface area contributed by atoms with Crippen LogP contribution in [0.2, 0.25) is 0 Å². The van der Waals surface area contributed by atoms with E-state index in [1.54, 1.807) is 30.3 Å². The maximum Gasteiger partial charge on any atom is 0.307 e. The molecule has 1 amide bonds. The Morgan fingerprint density at radius 2 is 2.18 bits per heavy atom. The van der Waals surface area contributed by atoms with Crippen LogP contribution in [-0.4, -0.2) is 28.1 Å². The van der Waals surface area contributed by atoms with Gasteiger partial charge in [-0.05, 0) is 37.3 Å². The highest BCUT2D eigenvalue weighted by molar-refractivity contribution is 5.95. The van der Waals surface area contributed by atoms with Crippen molar-refractivity contribution in [2.24, 2.45) is 0 Å². The monoisotopic (exact) mass is 380 g/mol. The van der Waals surface area contributed by atoms with E-state index in [2.05, 4.69) is 15.5 Å². The van der Waals surface area contributed by atoms with Crippen LogP contribution in [0.5, 0.6) is 0 Å². The normalized spacial score (nSPS) is 11.4. The van der Waals surface area contributed by atoms with Crippen LogP contribution in [0.15, 0.2) is 51.6 Å². The first-order valence-corrected chi connectivity index (χ1v) is 8.42. The number of amides is 1. The van der Waals surface area contributed by atoms with Gasteiger partial charge in [-0.2, -0.15) is 10.2 Å². The zero-order valence-corrected chi connectivity index (χ0v) is 14.9. The van der Waals surface area contributed by atoms with Crippen molar-refractivity contribution in [3.05, 3.63) is 54.1 Å². The van der Waals surface area contributed by atoms with Crippen molar-refractivity contribution in [2.45, 2.75) is 25.9 Å². The molecule has 28 heavy (non-hydrogen) atoms. The van der Waals surface area contributed by atoms with E-state index >= 15 is 0 Å². The van der Waals surface area contributed by atoms with Gasteiger partial charge in [-0.1, -0.05) is 11.2 Å². The Morgan fingerprint density at radius 3 is 2.93 bits per heavy atom. The van der Waals surface area contributed by atoms with Crippen LogP contribution in [0.1, 0.15) is 24.8 Å². The number of hydrogen-bond acceptors (Lipinski definition) is 8. The third kappa shape index (κ3) is 4.82. The van der Waals surface area contributed by atoms with E-state index in [0.717, 1.165) is 0 Å². The Bertz CT molecular complexity index is 1000. The number of carbonyl (C=O) groups is 2. The van der Waals surface area contributed by atoms with Crippen molar-refractivity contribution in [1.82, 2.24) is 10.1 Å². The molecular formula is C19H16N4O5. The minimum absolute atomic E-state index is 0.0265. The van der Waals surface area contributed by atoms with Gasteiger partial charge in [0.1, 0.15) is 0 Å². The Hall–Kier alpha value is -3.93. The Balaban J connectivity index is 1.47. The molecule has 0 aliphatic heterocycles. The molecule has 9 nitrogen and oxygen atoms in total. The number of nitrogens with zero attached hydrogens (tertiary/aromatic N) is 3. The molecule has 3 rings (SSSR count). The van der Waals surface area contributed by atoms with Crippen LogP contribution in [0, 0.1) is 11.3 Å². The lowest BCUT2D eigenvalue weighted by Crippen LogP contribution is -2.30. The molecule has 1 unspecified atom stereocenters. The lowest BCUT2D eigenvalue weighted by Gasteiger charge is -2.13. The minimum atomic E-state index is -1.00. The van der Waals surface area contributed by atoms with E-state index in [1.807, 2.05) is 6.07 Å². The summed E-state index contributed by atoms with van der Waals surface area (Å²) in [4.78, 5) is 28.2. The molecule has 142 valence electrons. The number of aromatic nitrogens is 2. The lowest BCUT2D eigenvalue weighted by atomic mass is 10.2. The molecule has 1 N–H and O–H groups in total. The molecule has 0 aliphatic rings. The standard InChI is InChI=1S/C19H16N4O5/c1-12(19(25)21-14-5-2-4-13(10-14)11-20)27-17(24)8-7-16-22-18(23-28-16)15-6-3-9-26-15/h2-6,9-10,12H,7-8H2,1H3,(H,21,25). The van der Waals surface area contributed by atoms with E-state index in [4.69, 9.17) is 18.9 Å². The maximum absolute atomic E-state index is 12.1. The van der Waals surface area contributed by atoms with Gasteiger partial charge in [0.05, 0.1) is 24.3 Å². The first kappa shape index (κ1) is 18.8. The third-order valence-electron chi connectivity index (χ3n) is 3.69. The molecular weight excluding hydrogens is 364 g/mol. The number of nitrogens with one attached hydrogen (secondary N) is 1. The van der Waals surface area contributed by atoms with Crippen molar-refractivity contribution >= 4 is 17.6 Å². The van der Waals surface area contributed by atoms with Crippen LogP contribution in [-0.2, 0) is 20.7 Å². The number of aryl methyl sites for hydroxylation is 1. The average molecular weight is 380 g/mol. The molecule has 0 saturated carbocycles. The van der Waals surface area contributed by atoms with Gasteiger partial charge in [-0.25, -0.2) is 0 Å². The van der Waals surface area contributed by atoms with E-state index in [1.165, 1.54) is 19.3 Å². The number of esters is 1.